The Morgan fingerprint density at radius 3 is 2.62 bits per heavy atom. The summed E-state index contributed by atoms with van der Waals surface area (Å²) in [5.41, 5.74) is 0.959. The van der Waals surface area contributed by atoms with Crippen molar-refractivity contribution >= 4 is 0 Å². The molecule has 1 saturated heterocycles. The van der Waals surface area contributed by atoms with Gasteiger partial charge in [-0.2, -0.15) is 5.10 Å². The molecule has 7 heteroatoms. The summed E-state index contributed by atoms with van der Waals surface area (Å²) < 4.78 is 33.4. The molecule has 2 aromatic rings. The molecule has 0 aliphatic carbocycles. The molecule has 1 N–H and O–H groups in total. The lowest BCUT2D eigenvalue weighted by Gasteiger charge is -2.21. The van der Waals surface area contributed by atoms with E-state index in [2.05, 4.69) is 15.2 Å². The first-order chi connectivity index (χ1) is 11.3. The van der Waals surface area contributed by atoms with Gasteiger partial charge in [0.1, 0.15) is 11.6 Å². The van der Waals surface area contributed by atoms with Crippen molar-refractivity contribution < 1.29 is 13.5 Å². The largest absolute Gasteiger partial charge is 0.491 e. The minimum Gasteiger partial charge on any atom is -0.491 e. The number of ether oxygens (including phenoxy) is 1. The van der Waals surface area contributed by atoms with Crippen molar-refractivity contribution in [3.05, 3.63) is 41.5 Å². The van der Waals surface area contributed by atoms with Crippen LogP contribution in [0.25, 0.3) is 0 Å². The summed E-state index contributed by atoms with van der Waals surface area (Å²) in [5.74, 6) is -0.874. The molecule has 0 radical (unpaired) electrons. The number of rotatable bonds is 5. The van der Waals surface area contributed by atoms with Gasteiger partial charge in [0, 0.05) is 13.0 Å². The van der Waals surface area contributed by atoms with Gasteiger partial charge in [0.15, 0.2) is 5.82 Å². The molecular weight excluding hydrogens is 314 g/mol. The molecule has 0 unspecified atom stereocenters. The predicted molar refractivity (Wildman–Crippen MR) is 86.0 cm³/mol. The maximum absolute atomic E-state index is 13.9. The first-order valence-electron chi connectivity index (χ1n) is 8.09. The van der Waals surface area contributed by atoms with Crippen LogP contribution in [0.15, 0.2) is 24.3 Å². The zero-order valence-electron chi connectivity index (χ0n) is 14.1. The van der Waals surface area contributed by atoms with Crippen LogP contribution in [0, 0.1) is 6.92 Å². The van der Waals surface area contributed by atoms with E-state index in [0.717, 1.165) is 11.3 Å². The molecule has 3 rings (SSSR count). The Labute approximate surface area is 140 Å². The molecule has 1 aromatic carbocycles. The van der Waals surface area contributed by atoms with Crippen LogP contribution in [0.1, 0.15) is 43.5 Å². The molecule has 0 bridgehead atoms. The summed E-state index contributed by atoms with van der Waals surface area (Å²) in [6, 6.07) is 7.09. The van der Waals surface area contributed by atoms with Gasteiger partial charge in [-0.15, -0.1) is 0 Å². The number of aryl methyl sites for hydroxylation is 1. The van der Waals surface area contributed by atoms with Crippen LogP contribution < -0.4 is 4.74 Å². The van der Waals surface area contributed by atoms with E-state index in [1.807, 2.05) is 38.1 Å². The summed E-state index contributed by atoms with van der Waals surface area (Å²) in [6.45, 7) is 5.83. The highest BCUT2D eigenvalue weighted by molar-refractivity contribution is 5.27. The van der Waals surface area contributed by atoms with Gasteiger partial charge in [-0.25, -0.2) is 13.8 Å². The average Bonchev–Trinajstić information content (AvgIpc) is 3.03. The molecule has 0 amide bonds. The number of alkyl halides is 2. The van der Waals surface area contributed by atoms with E-state index in [9.17, 15) is 8.78 Å². The molecule has 5 nitrogen and oxygen atoms in total. The van der Waals surface area contributed by atoms with Crippen LogP contribution in [0.3, 0.4) is 0 Å². The van der Waals surface area contributed by atoms with Crippen LogP contribution in [-0.2, 0) is 6.54 Å². The number of H-pyrrole nitrogens is 1. The van der Waals surface area contributed by atoms with Crippen LogP contribution in [0.2, 0.25) is 0 Å². The molecule has 0 saturated carbocycles. The summed E-state index contributed by atoms with van der Waals surface area (Å²) >= 11 is 0. The second kappa shape index (κ2) is 6.47. The second-order valence-electron chi connectivity index (χ2n) is 6.57. The molecule has 1 aromatic heterocycles. The number of hydrogen-bond acceptors (Lipinski definition) is 4. The maximum Gasteiger partial charge on any atom is 0.262 e. The number of nitrogens with one attached hydrogen (secondary N) is 1. The zero-order chi connectivity index (χ0) is 17.3. The first kappa shape index (κ1) is 16.8. The van der Waals surface area contributed by atoms with E-state index < -0.39 is 12.0 Å². The van der Waals surface area contributed by atoms with Gasteiger partial charge in [0.25, 0.3) is 5.92 Å². The lowest BCUT2D eigenvalue weighted by Crippen LogP contribution is -2.26. The topological polar surface area (TPSA) is 54.0 Å². The van der Waals surface area contributed by atoms with Crippen molar-refractivity contribution in [3.8, 4) is 5.75 Å². The minimum atomic E-state index is -2.72. The Bertz CT molecular complexity index is 684. The fourth-order valence-corrected chi connectivity index (χ4v) is 2.99. The van der Waals surface area contributed by atoms with E-state index in [4.69, 9.17) is 4.74 Å². The van der Waals surface area contributed by atoms with Crippen molar-refractivity contribution in [2.24, 2.45) is 0 Å². The smallest absolute Gasteiger partial charge is 0.262 e. The van der Waals surface area contributed by atoms with E-state index in [1.54, 1.807) is 11.8 Å². The Hall–Kier alpha value is -2.02. The highest BCUT2D eigenvalue weighted by Gasteiger charge is 2.46. The SMILES string of the molecule is Cc1nc([C@@H]2CC(F)(F)CN2Cc2ccc(OC(C)C)cc2)n[nH]1. The summed E-state index contributed by atoms with van der Waals surface area (Å²) in [5, 5.41) is 6.80. The Balaban J connectivity index is 1.74. The highest BCUT2D eigenvalue weighted by atomic mass is 19.3. The van der Waals surface area contributed by atoms with Crippen molar-refractivity contribution in [1.82, 2.24) is 20.1 Å². The molecule has 24 heavy (non-hydrogen) atoms. The van der Waals surface area contributed by atoms with Gasteiger partial charge >= 0.3 is 0 Å². The molecule has 1 aliphatic heterocycles. The number of benzene rings is 1. The molecule has 1 aliphatic rings. The molecule has 0 spiro atoms. The summed E-state index contributed by atoms with van der Waals surface area (Å²) in [4.78, 5) is 5.97. The molecule has 2 heterocycles. The molecule has 130 valence electrons. The lowest BCUT2D eigenvalue weighted by molar-refractivity contribution is 0.0113. The predicted octanol–water partition coefficient (Wildman–Crippen LogP) is 3.48. The summed E-state index contributed by atoms with van der Waals surface area (Å²) in [6.07, 6.45) is -0.148. The third-order valence-electron chi connectivity index (χ3n) is 3.96. The fourth-order valence-electron chi connectivity index (χ4n) is 2.99. The zero-order valence-corrected chi connectivity index (χ0v) is 14.1. The Morgan fingerprint density at radius 2 is 2.04 bits per heavy atom. The third-order valence-corrected chi connectivity index (χ3v) is 3.96. The Morgan fingerprint density at radius 1 is 1.33 bits per heavy atom. The number of aromatic nitrogens is 3. The number of halogens is 2. The van der Waals surface area contributed by atoms with Crippen molar-refractivity contribution in [2.45, 2.75) is 51.8 Å². The third kappa shape index (κ3) is 3.90. The van der Waals surface area contributed by atoms with Crippen LogP contribution >= 0.6 is 0 Å². The Kier molecular flexibility index (Phi) is 4.54. The maximum atomic E-state index is 13.9. The number of hydrogen-bond donors (Lipinski definition) is 1. The average molecular weight is 336 g/mol. The second-order valence-corrected chi connectivity index (χ2v) is 6.57. The fraction of sp³-hybridized carbons (Fsp3) is 0.529. The van der Waals surface area contributed by atoms with Crippen LogP contribution in [0.4, 0.5) is 8.78 Å². The molecule has 1 fully saturated rings. The van der Waals surface area contributed by atoms with E-state index in [-0.39, 0.29) is 19.1 Å². The van der Waals surface area contributed by atoms with Gasteiger partial charge in [0.05, 0.1) is 18.7 Å². The van der Waals surface area contributed by atoms with E-state index >= 15 is 0 Å². The van der Waals surface area contributed by atoms with Gasteiger partial charge in [-0.05, 0) is 38.5 Å². The van der Waals surface area contributed by atoms with Gasteiger partial charge in [0.2, 0.25) is 0 Å². The first-order valence-corrected chi connectivity index (χ1v) is 8.09. The van der Waals surface area contributed by atoms with E-state index in [0.29, 0.717) is 18.2 Å². The normalized spacial score (nSPS) is 20.7. The number of likely N-dealkylation sites (tertiary alicyclic amines) is 1. The van der Waals surface area contributed by atoms with Crippen LogP contribution in [-0.4, -0.2) is 38.7 Å². The molecular formula is C17H22F2N4O. The quantitative estimate of drug-likeness (QED) is 0.908. The minimum absolute atomic E-state index is 0.103. The standard InChI is InChI=1S/C17H22F2N4O/c1-11(2)24-14-6-4-13(5-7-14)9-23-10-17(18,19)8-15(23)16-20-12(3)21-22-16/h4-7,11,15H,8-10H2,1-3H3,(H,20,21,22)/t15-/m0/s1. The molecule has 1 atom stereocenters. The van der Waals surface area contributed by atoms with E-state index in [1.165, 1.54) is 0 Å². The highest BCUT2D eigenvalue weighted by Crippen LogP contribution is 2.40. The van der Waals surface area contributed by atoms with Gasteiger partial charge in [-0.1, -0.05) is 12.1 Å². The lowest BCUT2D eigenvalue weighted by atomic mass is 10.1. The van der Waals surface area contributed by atoms with Gasteiger partial charge in [-0.3, -0.25) is 10.00 Å². The number of aromatic amines is 1. The summed E-state index contributed by atoms with van der Waals surface area (Å²) in [7, 11) is 0. The van der Waals surface area contributed by atoms with Crippen molar-refractivity contribution in [1.29, 1.82) is 0 Å². The number of nitrogens with zero attached hydrogens (tertiary/aromatic N) is 3. The van der Waals surface area contributed by atoms with Crippen molar-refractivity contribution in [3.63, 3.8) is 0 Å². The van der Waals surface area contributed by atoms with Crippen molar-refractivity contribution in [2.75, 3.05) is 6.54 Å². The van der Waals surface area contributed by atoms with Gasteiger partial charge < -0.3 is 4.74 Å². The monoisotopic (exact) mass is 336 g/mol. The van der Waals surface area contributed by atoms with Crippen LogP contribution in [0.5, 0.6) is 5.75 Å².